The van der Waals surface area contributed by atoms with Gasteiger partial charge in [0.25, 0.3) is 0 Å². The number of unbranched alkanes of at least 4 members (excludes halogenated alkanes) is 1. The highest BCUT2D eigenvalue weighted by Crippen LogP contribution is 2.27. The van der Waals surface area contributed by atoms with Crippen LogP contribution in [0.5, 0.6) is 0 Å². The van der Waals surface area contributed by atoms with E-state index in [-0.39, 0.29) is 17.7 Å². The zero-order valence-electron chi connectivity index (χ0n) is 9.95. The number of ether oxygens (including phenoxy) is 1. The van der Waals surface area contributed by atoms with E-state index >= 15 is 0 Å². The fraction of sp³-hybridized carbons (Fsp3) is 0.909. The molecule has 0 radical (unpaired) electrons. The third-order valence-electron chi connectivity index (χ3n) is 3.21. The van der Waals surface area contributed by atoms with E-state index in [1.165, 1.54) is 0 Å². The number of carbonyl (C=O) groups excluding carboxylic acids is 1. The number of hydrogen-bond donors (Lipinski definition) is 1. The fourth-order valence-corrected chi connectivity index (χ4v) is 1.82. The average molecular weight is 214 g/mol. The Kier molecular flexibility index (Phi) is 3.97. The molecule has 1 aliphatic rings. The lowest BCUT2D eigenvalue weighted by atomic mass is 9.97. The minimum atomic E-state index is -0.275. The Morgan fingerprint density at radius 3 is 2.73 bits per heavy atom. The van der Waals surface area contributed by atoms with Crippen LogP contribution in [0.15, 0.2) is 0 Å². The first-order chi connectivity index (χ1) is 7.00. The van der Waals surface area contributed by atoms with Crippen LogP contribution < -0.4 is 5.73 Å². The number of nitrogens with zero attached hydrogens (tertiary/aromatic N) is 1. The van der Waals surface area contributed by atoms with E-state index in [1.807, 2.05) is 13.8 Å². The molecular formula is C11H22N2O2. The van der Waals surface area contributed by atoms with Gasteiger partial charge in [0.2, 0.25) is 0 Å². The third kappa shape index (κ3) is 2.62. The number of nitrogens with two attached hydrogens (primary N) is 1. The van der Waals surface area contributed by atoms with Gasteiger partial charge in [-0.05, 0) is 26.7 Å². The largest absolute Gasteiger partial charge is 0.449 e. The molecule has 0 saturated carbocycles. The van der Waals surface area contributed by atoms with Crippen LogP contribution in [0.3, 0.4) is 0 Å². The molecular weight excluding hydrogens is 192 g/mol. The summed E-state index contributed by atoms with van der Waals surface area (Å²) in [6.07, 6.45) is 2.60. The molecule has 1 unspecified atom stereocenters. The highest BCUT2D eigenvalue weighted by molar-refractivity contribution is 5.69. The van der Waals surface area contributed by atoms with E-state index < -0.39 is 0 Å². The molecule has 0 aromatic heterocycles. The summed E-state index contributed by atoms with van der Waals surface area (Å²) < 4.78 is 5.18. The van der Waals surface area contributed by atoms with Crippen molar-refractivity contribution in [1.29, 1.82) is 0 Å². The third-order valence-corrected chi connectivity index (χ3v) is 3.21. The van der Waals surface area contributed by atoms with Gasteiger partial charge in [-0.15, -0.1) is 0 Å². The van der Waals surface area contributed by atoms with Gasteiger partial charge in [0.15, 0.2) is 0 Å². The summed E-state index contributed by atoms with van der Waals surface area (Å²) in [5.41, 5.74) is 5.67. The van der Waals surface area contributed by atoms with Crippen LogP contribution in [0.1, 0.15) is 40.0 Å². The van der Waals surface area contributed by atoms with Crippen molar-refractivity contribution in [2.75, 3.05) is 13.2 Å². The predicted octanol–water partition coefficient (Wildman–Crippen LogP) is 1.73. The van der Waals surface area contributed by atoms with Crippen molar-refractivity contribution in [3.63, 3.8) is 0 Å². The summed E-state index contributed by atoms with van der Waals surface area (Å²) in [5.74, 6) is 0. The second-order valence-corrected chi connectivity index (χ2v) is 4.67. The number of likely N-dealkylation sites (tertiary alicyclic amines) is 1. The molecule has 0 spiro atoms. The van der Waals surface area contributed by atoms with Gasteiger partial charge in [-0.1, -0.05) is 13.3 Å². The molecule has 1 saturated heterocycles. The summed E-state index contributed by atoms with van der Waals surface area (Å²) in [5, 5.41) is 0. The zero-order chi connectivity index (χ0) is 11.5. The Balaban J connectivity index is 2.46. The van der Waals surface area contributed by atoms with Gasteiger partial charge in [-0.2, -0.15) is 0 Å². The van der Waals surface area contributed by atoms with Crippen LogP contribution in [-0.4, -0.2) is 35.7 Å². The molecule has 0 aromatic carbocycles. The van der Waals surface area contributed by atoms with Crippen LogP contribution in [-0.2, 0) is 4.74 Å². The van der Waals surface area contributed by atoms with Crippen LogP contribution in [0.4, 0.5) is 4.79 Å². The Morgan fingerprint density at radius 1 is 1.60 bits per heavy atom. The Bertz CT molecular complexity index is 229. The summed E-state index contributed by atoms with van der Waals surface area (Å²) in [6, 6.07) is 0.0521. The maximum absolute atomic E-state index is 11.7. The van der Waals surface area contributed by atoms with Crippen LogP contribution >= 0.6 is 0 Å². The fourth-order valence-electron chi connectivity index (χ4n) is 1.82. The molecule has 1 aliphatic heterocycles. The molecule has 1 atom stereocenters. The normalized spacial score (nSPS) is 24.3. The van der Waals surface area contributed by atoms with Crippen molar-refractivity contribution in [2.45, 2.75) is 51.6 Å². The van der Waals surface area contributed by atoms with Crippen molar-refractivity contribution < 1.29 is 9.53 Å². The van der Waals surface area contributed by atoms with Gasteiger partial charge in [0, 0.05) is 12.6 Å². The van der Waals surface area contributed by atoms with Crippen molar-refractivity contribution in [2.24, 2.45) is 5.73 Å². The summed E-state index contributed by atoms with van der Waals surface area (Å²) in [6.45, 7) is 7.28. The smallest absolute Gasteiger partial charge is 0.410 e. The highest BCUT2D eigenvalue weighted by atomic mass is 16.6. The molecule has 4 heteroatoms. The van der Waals surface area contributed by atoms with Gasteiger partial charge in [-0.25, -0.2) is 4.79 Å². The quantitative estimate of drug-likeness (QED) is 0.728. The number of amides is 1. The second kappa shape index (κ2) is 4.84. The molecule has 1 fully saturated rings. The van der Waals surface area contributed by atoms with E-state index in [9.17, 15) is 4.79 Å². The molecule has 88 valence electrons. The van der Waals surface area contributed by atoms with E-state index in [4.69, 9.17) is 10.5 Å². The van der Waals surface area contributed by atoms with Crippen LogP contribution in [0.25, 0.3) is 0 Å². The predicted molar refractivity (Wildman–Crippen MR) is 59.6 cm³/mol. The van der Waals surface area contributed by atoms with Gasteiger partial charge in [0.05, 0.1) is 12.1 Å². The molecule has 1 amide bonds. The van der Waals surface area contributed by atoms with Crippen LogP contribution in [0, 0.1) is 0 Å². The molecule has 0 aromatic rings. The maximum atomic E-state index is 11.7. The van der Waals surface area contributed by atoms with Crippen molar-refractivity contribution in [3.8, 4) is 0 Å². The minimum absolute atomic E-state index is 0.0521. The van der Waals surface area contributed by atoms with E-state index in [2.05, 4.69) is 6.92 Å². The molecule has 2 N–H and O–H groups in total. The SMILES string of the molecule is CCCCOC(=O)N1CCC(N)C1(C)C. The number of rotatable bonds is 3. The first-order valence-electron chi connectivity index (χ1n) is 5.70. The van der Waals surface area contributed by atoms with E-state index in [0.29, 0.717) is 13.2 Å². The summed E-state index contributed by atoms with van der Waals surface area (Å²) in [7, 11) is 0. The Labute approximate surface area is 91.8 Å². The first-order valence-corrected chi connectivity index (χ1v) is 5.70. The average Bonchev–Trinajstić information content (AvgIpc) is 2.42. The first kappa shape index (κ1) is 12.3. The summed E-state index contributed by atoms with van der Waals surface area (Å²) in [4.78, 5) is 13.5. The monoisotopic (exact) mass is 214 g/mol. The number of carbonyl (C=O) groups is 1. The van der Waals surface area contributed by atoms with E-state index in [1.54, 1.807) is 4.90 Å². The minimum Gasteiger partial charge on any atom is -0.449 e. The van der Waals surface area contributed by atoms with Gasteiger partial charge >= 0.3 is 6.09 Å². The van der Waals surface area contributed by atoms with Gasteiger partial charge in [-0.3, -0.25) is 0 Å². The number of hydrogen-bond acceptors (Lipinski definition) is 3. The Hall–Kier alpha value is -0.770. The van der Waals surface area contributed by atoms with Gasteiger partial charge in [0.1, 0.15) is 0 Å². The highest BCUT2D eigenvalue weighted by Gasteiger charge is 2.42. The lowest BCUT2D eigenvalue weighted by Crippen LogP contribution is -2.51. The molecule has 4 nitrogen and oxygen atoms in total. The molecule has 0 aliphatic carbocycles. The van der Waals surface area contributed by atoms with Crippen molar-refractivity contribution >= 4 is 6.09 Å². The zero-order valence-corrected chi connectivity index (χ0v) is 9.95. The molecule has 1 heterocycles. The Morgan fingerprint density at radius 2 is 2.27 bits per heavy atom. The second-order valence-electron chi connectivity index (χ2n) is 4.67. The lowest BCUT2D eigenvalue weighted by molar-refractivity contribution is 0.0767. The maximum Gasteiger partial charge on any atom is 0.410 e. The lowest BCUT2D eigenvalue weighted by Gasteiger charge is -2.33. The van der Waals surface area contributed by atoms with Crippen molar-refractivity contribution in [1.82, 2.24) is 4.90 Å². The van der Waals surface area contributed by atoms with Gasteiger partial charge < -0.3 is 15.4 Å². The topological polar surface area (TPSA) is 55.6 Å². The van der Waals surface area contributed by atoms with Crippen molar-refractivity contribution in [3.05, 3.63) is 0 Å². The molecule has 15 heavy (non-hydrogen) atoms. The molecule has 0 bridgehead atoms. The molecule has 1 rings (SSSR count). The van der Waals surface area contributed by atoms with Crippen LogP contribution in [0.2, 0.25) is 0 Å². The standard InChI is InChI=1S/C11H22N2O2/c1-4-5-8-15-10(14)13-7-6-9(12)11(13,2)3/h9H,4-8,12H2,1-3H3. The summed E-state index contributed by atoms with van der Waals surface area (Å²) >= 11 is 0. The van der Waals surface area contributed by atoms with E-state index in [0.717, 1.165) is 19.3 Å².